The minimum Gasteiger partial charge on any atom is -0.468 e. The van der Waals surface area contributed by atoms with E-state index in [0.717, 1.165) is 5.56 Å². The fourth-order valence-electron chi connectivity index (χ4n) is 1.58. The number of hydrazine groups is 1. The first kappa shape index (κ1) is 13.2. The standard InChI is InChI=1S/C12H16N2O3/c1-9(15)13-14(2)11(12(16)17-3)10-7-5-4-6-8-10/h4-8,11H,1-3H3,(H,13,15). The largest absolute Gasteiger partial charge is 0.468 e. The minimum absolute atomic E-state index is 0.239. The first-order chi connectivity index (χ1) is 8.06. The lowest BCUT2D eigenvalue weighted by molar-refractivity contribution is -0.149. The molecule has 1 N–H and O–H groups in total. The molecular formula is C12H16N2O3. The van der Waals surface area contributed by atoms with Crippen LogP contribution < -0.4 is 5.43 Å². The molecule has 0 radical (unpaired) electrons. The molecule has 1 aromatic rings. The third kappa shape index (κ3) is 3.57. The summed E-state index contributed by atoms with van der Waals surface area (Å²) in [4.78, 5) is 22.7. The van der Waals surface area contributed by atoms with Gasteiger partial charge in [-0.3, -0.25) is 10.2 Å². The second kappa shape index (κ2) is 6.00. The van der Waals surface area contributed by atoms with Gasteiger partial charge in [0, 0.05) is 14.0 Å². The maximum Gasteiger partial charge on any atom is 0.329 e. The van der Waals surface area contributed by atoms with Gasteiger partial charge in [0.15, 0.2) is 6.04 Å². The van der Waals surface area contributed by atoms with Crippen LogP contribution >= 0.6 is 0 Å². The number of rotatable bonds is 4. The molecule has 1 rings (SSSR count). The highest BCUT2D eigenvalue weighted by molar-refractivity contribution is 5.78. The van der Waals surface area contributed by atoms with E-state index in [4.69, 9.17) is 4.74 Å². The van der Waals surface area contributed by atoms with Crippen molar-refractivity contribution in [1.82, 2.24) is 10.4 Å². The van der Waals surface area contributed by atoms with Gasteiger partial charge in [0.1, 0.15) is 0 Å². The number of esters is 1. The van der Waals surface area contributed by atoms with E-state index >= 15 is 0 Å². The summed E-state index contributed by atoms with van der Waals surface area (Å²) in [6, 6.07) is 8.47. The van der Waals surface area contributed by atoms with Gasteiger partial charge in [-0.15, -0.1) is 0 Å². The molecule has 0 fully saturated rings. The molecule has 5 heteroatoms. The number of carbonyl (C=O) groups is 2. The summed E-state index contributed by atoms with van der Waals surface area (Å²) in [5, 5.41) is 1.43. The molecule has 17 heavy (non-hydrogen) atoms. The molecule has 0 aliphatic heterocycles. The van der Waals surface area contributed by atoms with Crippen molar-refractivity contribution in [3.8, 4) is 0 Å². The molecule has 0 aromatic heterocycles. The smallest absolute Gasteiger partial charge is 0.329 e. The Kier molecular flexibility index (Phi) is 4.66. The third-order valence-electron chi connectivity index (χ3n) is 2.26. The fourth-order valence-corrected chi connectivity index (χ4v) is 1.58. The van der Waals surface area contributed by atoms with Crippen molar-refractivity contribution < 1.29 is 14.3 Å². The SMILES string of the molecule is COC(=O)C(c1ccccc1)N(C)NC(C)=O. The molecule has 0 spiro atoms. The van der Waals surface area contributed by atoms with Gasteiger partial charge in [-0.2, -0.15) is 0 Å². The zero-order valence-corrected chi connectivity index (χ0v) is 10.1. The van der Waals surface area contributed by atoms with Crippen LogP contribution in [-0.2, 0) is 14.3 Å². The lowest BCUT2D eigenvalue weighted by atomic mass is 10.1. The first-order valence-corrected chi connectivity index (χ1v) is 5.19. The van der Waals surface area contributed by atoms with Gasteiger partial charge < -0.3 is 4.74 Å². The molecule has 0 saturated carbocycles. The number of likely N-dealkylation sites (N-methyl/N-ethyl adjacent to an activating group) is 1. The van der Waals surface area contributed by atoms with Gasteiger partial charge in [0.2, 0.25) is 5.91 Å². The zero-order chi connectivity index (χ0) is 12.8. The first-order valence-electron chi connectivity index (χ1n) is 5.19. The van der Waals surface area contributed by atoms with Gasteiger partial charge in [0.05, 0.1) is 7.11 Å². The quantitative estimate of drug-likeness (QED) is 0.623. The van der Waals surface area contributed by atoms with Gasteiger partial charge >= 0.3 is 5.97 Å². The van der Waals surface area contributed by atoms with Crippen LogP contribution in [0.2, 0.25) is 0 Å². The summed E-state index contributed by atoms with van der Waals surface area (Å²) >= 11 is 0. The fraction of sp³-hybridized carbons (Fsp3) is 0.333. The van der Waals surface area contributed by atoms with Crippen molar-refractivity contribution in [2.45, 2.75) is 13.0 Å². The van der Waals surface area contributed by atoms with E-state index in [1.54, 1.807) is 19.2 Å². The van der Waals surface area contributed by atoms with E-state index in [0.29, 0.717) is 0 Å². The van der Waals surface area contributed by atoms with E-state index in [9.17, 15) is 9.59 Å². The van der Waals surface area contributed by atoms with Crippen LogP contribution in [0.1, 0.15) is 18.5 Å². The molecule has 1 aromatic carbocycles. The Morgan fingerprint density at radius 1 is 1.29 bits per heavy atom. The third-order valence-corrected chi connectivity index (χ3v) is 2.26. The maximum atomic E-state index is 11.7. The normalized spacial score (nSPS) is 12.0. The number of hydrogen-bond donors (Lipinski definition) is 1. The lowest BCUT2D eigenvalue weighted by Crippen LogP contribution is -2.43. The van der Waals surface area contributed by atoms with Crippen molar-refractivity contribution in [2.75, 3.05) is 14.2 Å². The van der Waals surface area contributed by atoms with Gasteiger partial charge in [0.25, 0.3) is 0 Å². The molecular weight excluding hydrogens is 220 g/mol. The van der Waals surface area contributed by atoms with Crippen LogP contribution in [0.5, 0.6) is 0 Å². The topological polar surface area (TPSA) is 58.6 Å². The highest BCUT2D eigenvalue weighted by atomic mass is 16.5. The van der Waals surface area contributed by atoms with Crippen molar-refractivity contribution in [3.05, 3.63) is 35.9 Å². The van der Waals surface area contributed by atoms with E-state index in [-0.39, 0.29) is 5.91 Å². The van der Waals surface area contributed by atoms with Crippen molar-refractivity contribution in [1.29, 1.82) is 0 Å². The molecule has 1 atom stereocenters. The average Bonchev–Trinajstić information content (AvgIpc) is 2.29. The van der Waals surface area contributed by atoms with Crippen LogP contribution in [0.25, 0.3) is 0 Å². The van der Waals surface area contributed by atoms with Crippen molar-refractivity contribution in [2.24, 2.45) is 0 Å². The number of nitrogens with one attached hydrogen (secondary N) is 1. The van der Waals surface area contributed by atoms with Crippen molar-refractivity contribution >= 4 is 11.9 Å². The van der Waals surface area contributed by atoms with Gasteiger partial charge in [-0.1, -0.05) is 30.3 Å². The Bertz CT molecular complexity index is 392. The second-order valence-corrected chi connectivity index (χ2v) is 3.62. The molecule has 0 bridgehead atoms. The van der Waals surface area contributed by atoms with Crippen LogP contribution in [0, 0.1) is 0 Å². The predicted molar refractivity (Wildman–Crippen MR) is 62.8 cm³/mol. The van der Waals surface area contributed by atoms with Crippen LogP contribution in [0.15, 0.2) is 30.3 Å². The van der Waals surface area contributed by atoms with E-state index < -0.39 is 12.0 Å². The molecule has 0 aliphatic rings. The monoisotopic (exact) mass is 236 g/mol. The number of hydrogen-bond acceptors (Lipinski definition) is 4. The Balaban J connectivity index is 2.96. The molecule has 1 unspecified atom stereocenters. The van der Waals surface area contributed by atoms with E-state index in [2.05, 4.69) is 5.43 Å². The van der Waals surface area contributed by atoms with Crippen LogP contribution in [0.4, 0.5) is 0 Å². The van der Waals surface area contributed by atoms with Crippen LogP contribution in [-0.4, -0.2) is 31.0 Å². The summed E-state index contributed by atoms with van der Waals surface area (Å²) < 4.78 is 4.74. The molecule has 1 amide bonds. The minimum atomic E-state index is -0.648. The predicted octanol–water partition coefficient (Wildman–Crippen LogP) is 0.884. The number of carbonyl (C=O) groups excluding carboxylic acids is 2. The number of methoxy groups -OCH3 is 1. The van der Waals surface area contributed by atoms with E-state index in [1.807, 2.05) is 18.2 Å². The summed E-state index contributed by atoms with van der Waals surface area (Å²) in [5.74, 6) is -0.662. The maximum absolute atomic E-state index is 11.7. The molecule has 92 valence electrons. The molecule has 0 heterocycles. The molecule has 5 nitrogen and oxygen atoms in total. The average molecular weight is 236 g/mol. The summed E-state index contributed by atoms with van der Waals surface area (Å²) in [7, 11) is 2.94. The molecule has 0 aliphatic carbocycles. The number of ether oxygens (including phenoxy) is 1. The van der Waals surface area contributed by atoms with Crippen molar-refractivity contribution in [3.63, 3.8) is 0 Å². The molecule has 0 saturated heterocycles. The summed E-state index contributed by atoms with van der Waals surface area (Å²) in [6.07, 6.45) is 0. The Morgan fingerprint density at radius 2 is 1.88 bits per heavy atom. The highest BCUT2D eigenvalue weighted by Crippen LogP contribution is 2.18. The Labute approximate surface area is 100 Å². The summed E-state index contributed by atoms with van der Waals surface area (Å²) in [5.41, 5.74) is 3.31. The Hall–Kier alpha value is -1.88. The van der Waals surface area contributed by atoms with E-state index in [1.165, 1.54) is 19.0 Å². The van der Waals surface area contributed by atoms with Gasteiger partial charge in [-0.25, -0.2) is 9.80 Å². The Morgan fingerprint density at radius 3 is 2.35 bits per heavy atom. The highest BCUT2D eigenvalue weighted by Gasteiger charge is 2.26. The van der Waals surface area contributed by atoms with Crippen LogP contribution in [0.3, 0.4) is 0 Å². The zero-order valence-electron chi connectivity index (χ0n) is 10.1. The van der Waals surface area contributed by atoms with Gasteiger partial charge in [-0.05, 0) is 5.56 Å². The second-order valence-electron chi connectivity index (χ2n) is 3.62. The summed E-state index contributed by atoms with van der Waals surface area (Å²) in [6.45, 7) is 1.38. The number of nitrogens with zero attached hydrogens (tertiary/aromatic N) is 1. The number of benzene rings is 1. The lowest BCUT2D eigenvalue weighted by Gasteiger charge is -2.25. The number of amides is 1.